The number of carbonyl (C=O) groups excluding carboxylic acids is 1. The van der Waals surface area contributed by atoms with Crippen molar-refractivity contribution in [1.29, 1.82) is 0 Å². The van der Waals surface area contributed by atoms with Gasteiger partial charge in [0.15, 0.2) is 5.69 Å². The zero-order valence-electron chi connectivity index (χ0n) is 17.3. The molecule has 0 saturated heterocycles. The number of methoxy groups -OCH3 is 1. The summed E-state index contributed by atoms with van der Waals surface area (Å²) >= 11 is 0. The van der Waals surface area contributed by atoms with Crippen molar-refractivity contribution in [2.24, 2.45) is 0 Å². The molecule has 0 radical (unpaired) electrons. The van der Waals surface area contributed by atoms with Gasteiger partial charge in [-0.2, -0.15) is 5.10 Å². The Morgan fingerprint density at radius 1 is 1.00 bits per heavy atom. The fourth-order valence-electron chi connectivity index (χ4n) is 3.37. The minimum absolute atomic E-state index is 0.161. The van der Waals surface area contributed by atoms with Crippen molar-refractivity contribution in [2.45, 2.75) is 13.0 Å². The molecule has 0 saturated carbocycles. The second kappa shape index (κ2) is 8.75. The van der Waals surface area contributed by atoms with Crippen LogP contribution in [-0.2, 0) is 0 Å². The minimum atomic E-state index is -0.291. The molecular formula is C25H23N3O3. The smallest absolute Gasteiger partial charge is 0.272 e. The molecule has 6 heteroatoms. The summed E-state index contributed by atoms with van der Waals surface area (Å²) in [5, 5.41) is 17.2. The molecule has 0 aliphatic carbocycles. The molecule has 3 aromatic carbocycles. The third-order valence-corrected chi connectivity index (χ3v) is 5.05. The number of phenols is 1. The number of rotatable bonds is 6. The quantitative estimate of drug-likeness (QED) is 0.479. The Morgan fingerprint density at radius 2 is 1.74 bits per heavy atom. The summed E-state index contributed by atoms with van der Waals surface area (Å²) in [6.45, 7) is 1.87. The first-order chi connectivity index (χ1) is 15.0. The molecule has 6 nitrogen and oxygen atoms in total. The molecule has 1 atom stereocenters. The summed E-state index contributed by atoms with van der Waals surface area (Å²) in [5.74, 6) is 0.626. The van der Waals surface area contributed by atoms with Gasteiger partial charge < -0.3 is 15.2 Å². The van der Waals surface area contributed by atoms with E-state index in [0.717, 1.165) is 28.3 Å². The zero-order valence-corrected chi connectivity index (χ0v) is 17.3. The van der Waals surface area contributed by atoms with Crippen molar-refractivity contribution in [1.82, 2.24) is 15.1 Å². The van der Waals surface area contributed by atoms with E-state index >= 15 is 0 Å². The lowest BCUT2D eigenvalue weighted by atomic mass is 10.1. The second-order valence-electron chi connectivity index (χ2n) is 7.18. The Kier molecular flexibility index (Phi) is 5.71. The highest BCUT2D eigenvalue weighted by Gasteiger charge is 2.19. The first kappa shape index (κ1) is 20.2. The zero-order chi connectivity index (χ0) is 21.8. The van der Waals surface area contributed by atoms with Crippen LogP contribution in [0.1, 0.15) is 29.0 Å². The van der Waals surface area contributed by atoms with E-state index in [0.29, 0.717) is 5.69 Å². The van der Waals surface area contributed by atoms with Crippen LogP contribution in [0, 0.1) is 0 Å². The number of phenolic OH excluding ortho intramolecular Hbond substituents is 1. The third kappa shape index (κ3) is 4.43. The van der Waals surface area contributed by atoms with E-state index in [4.69, 9.17) is 4.74 Å². The summed E-state index contributed by atoms with van der Waals surface area (Å²) in [7, 11) is 1.62. The van der Waals surface area contributed by atoms with Crippen LogP contribution in [0.25, 0.3) is 16.9 Å². The van der Waals surface area contributed by atoms with Crippen molar-refractivity contribution in [3.05, 3.63) is 96.2 Å². The lowest BCUT2D eigenvalue weighted by molar-refractivity contribution is 0.0934. The number of para-hydroxylation sites is 1. The van der Waals surface area contributed by atoms with Crippen LogP contribution in [0.5, 0.6) is 11.5 Å². The topological polar surface area (TPSA) is 76.4 Å². The second-order valence-corrected chi connectivity index (χ2v) is 7.18. The normalized spacial score (nSPS) is 11.7. The molecule has 4 rings (SSSR count). The lowest BCUT2D eigenvalue weighted by Crippen LogP contribution is -2.27. The molecule has 1 aromatic heterocycles. The molecule has 1 amide bonds. The van der Waals surface area contributed by atoms with Crippen LogP contribution in [-0.4, -0.2) is 27.9 Å². The Morgan fingerprint density at radius 3 is 2.42 bits per heavy atom. The van der Waals surface area contributed by atoms with Gasteiger partial charge in [0.2, 0.25) is 0 Å². The van der Waals surface area contributed by atoms with Gasteiger partial charge in [-0.15, -0.1) is 0 Å². The average Bonchev–Trinajstić information content (AvgIpc) is 3.25. The first-order valence-corrected chi connectivity index (χ1v) is 9.95. The molecule has 0 bridgehead atoms. The average molecular weight is 413 g/mol. The Labute approximate surface area is 180 Å². The third-order valence-electron chi connectivity index (χ3n) is 5.05. The van der Waals surface area contributed by atoms with Crippen LogP contribution >= 0.6 is 0 Å². The molecular weight excluding hydrogens is 390 g/mol. The van der Waals surface area contributed by atoms with Crippen molar-refractivity contribution < 1.29 is 14.6 Å². The molecule has 2 N–H and O–H groups in total. The number of benzene rings is 3. The Hall–Kier alpha value is -4.06. The van der Waals surface area contributed by atoms with Crippen LogP contribution in [0.2, 0.25) is 0 Å². The van der Waals surface area contributed by atoms with E-state index in [2.05, 4.69) is 10.4 Å². The van der Waals surface area contributed by atoms with Crippen molar-refractivity contribution in [3.63, 3.8) is 0 Å². The SMILES string of the molecule is COc1ccc(-c2cc(C(=O)NC(C)c3cccc(O)c3)nn2-c2ccccc2)cc1. The Balaban J connectivity index is 1.68. The van der Waals surface area contributed by atoms with Gasteiger partial charge in [-0.3, -0.25) is 4.79 Å². The van der Waals surface area contributed by atoms with Crippen LogP contribution in [0.15, 0.2) is 84.9 Å². The van der Waals surface area contributed by atoms with Gasteiger partial charge in [-0.25, -0.2) is 4.68 Å². The predicted octanol–water partition coefficient (Wildman–Crippen LogP) is 4.74. The fourth-order valence-corrected chi connectivity index (χ4v) is 3.37. The standard InChI is InChI=1S/C25H23N3O3/c1-17(19-7-6-10-21(29)15-19)26-25(30)23-16-24(18-11-13-22(31-2)14-12-18)28(27-23)20-8-4-3-5-9-20/h3-17,29H,1-2H3,(H,26,30). The van der Waals surface area contributed by atoms with E-state index in [9.17, 15) is 9.90 Å². The molecule has 0 fully saturated rings. The van der Waals surface area contributed by atoms with Gasteiger partial charge in [0.05, 0.1) is 24.5 Å². The van der Waals surface area contributed by atoms with E-state index in [1.54, 1.807) is 36.1 Å². The number of aromatic hydroxyl groups is 1. The van der Waals surface area contributed by atoms with Gasteiger partial charge in [-0.1, -0.05) is 30.3 Å². The number of carbonyl (C=O) groups is 1. The predicted molar refractivity (Wildman–Crippen MR) is 120 cm³/mol. The van der Waals surface area contributed by atoms with Gasteiger partial charge >= 0.3 is 0 Å². The molecule has 4 aromatic rings. The molecule has 0 aliphatic heterocycles. The highest BCUT2D eigenvalue weighted by molar-refractivity contribution is 5.94. The number of nitrogens with zero attached hydrogens (tertiary/aromatic N) is 2. The Bertz CT molecular complexity index is 1180. The molecule has 156 valence electrons. The number of hydrogen-bond acceptors (Lipinski definition) is 4. The summed E-state index contributed by atoms with van der Waals surface area (Å²) in [4.78, 5) is 13.0. The number of amides is 1. The maximum absolute atomic E-state index is 13.0. The summed E-state index contributed by atoms with van der Waals surface area (Å²) < 4.78 is 7.01. The van der Waals surface area contributed by atoms with Crippen molar-refractivity contribution >= 4 is 5.91 Å². The maximum atomic E-state index is 13.0. The van der Waals surface area contributed by atoms with Crippen molar-refractivity contribution in [3.8, 4) is 28.4 Å². The number of hydrogen-bond donors (Lipinski definition) is 2. The van der Waals surface area contributed by atoms with E-state index in [1.165, 1.54) is 0 Å². The highest BCUT2D eigenvalue weighted by Crippen LogP contribution is 2.26. The number of ether oxygens (including phenoxy) is 1. The molecule has 1 heterocycles. The molecule has 0 spiro atoms. The van der Waals surface area contributed by atoms with Gasteiger partial charge in [0.25, 0.3) is 5.91 Å². The largest absolute Gasteiger partial charge is 0.508 e. The number of nitrogens with one attached hydrogen (secondary N) is 1. The summed E-state index contributed by atoms with van der Waals surface area (Å²) in [6, 6.07) is 25.6. The fraction of sp³-hybridized carbons (Fsp3) is 0.120. The van der Waals surface area contributed by atoms with E-state index in [1.807, 2.05) is 67.6 Å². The highest BCUT2D eigenvalue weighted by atomic mass is 16.5. The van der Waals surface area contributed by atoms with Gasteiger partial charge in [0, 0.05) is 5.56 Å². The summed E-state index contributed by atoms with van der Waals surface area (Å²) in [5.41, 5.74) is 3.68. The van der Waals surface area contributed by atoms with E-state index in [-0.39, 0.29) is 17.7 Å². The monoisotopic (exact) mass is 413 g/mol. The molecule has 0 aliphatic rings. The van der Waals surface area contributed by atoms with Crippen molar-refractivity contribution in [2.75, 3.05) is 7.11 Å². The molecule has 31 heavy (non-hydrogen) atoms. The minimum Gasteiger partial charge on any atom is -0.508 e. The van der Waals surface area contributed by atoms with Crippen LogP contribution < -0.4 is 10.1 Å². The lowest BCUT2D eigenvalue weighted by Gasteiger charge is -2.13. The van der Waals surface area contributed by atoms with Crippen LogP contribution in [0.3, 0.4) is 0 Å². The molecule has 1 unspecified atom stereocenters. The van der Waals surface area contributed by atoms with Crippen LogP contribution in [0.4, 0.5) is 0 Å². The van der Waals surface area contributed by atoms with E-state index < -0.39 is 0 Å². The maximum Gasteiger partial charge on any atom is 0.272 e. The number of aromatic nitrogens is 2. The first-order valence-electron chi connectivity index (χ1n) is 9.95. The summed E-state index contributed by atoms with van der Waals surface area (Å²) in [6.07, 6.45) is 0. The van der Waals surface area contributed by atoms with Gasteiger partial charge in [0.1, 0.15) is 11.5 Å². The van der Waals surface area contributed by atoms with Gasteiger partial charge in [-0.05, 0) is 67.1 Å².